The first-order valence-electron chi connectivity index (χ1n) is 13.4. The normalized spacial score (nSPS) is 16.0. The topological polar surface area (TPSA) is 96.9 Å². The summed E-state index contributed by atoms with van der Waals surface area (Å²) in [6.45, 7) is 7.57. The maximum absolute atomic E-state index is 13.5. The summed E-state index contributed by atoms with van der Waals surface area (Å²) in [7, 11) is 1.59. The Bertz CT molecular complexity index is 1400. The molecule has 2 aliphatic heterocycles. The fourth-order valence-corrected chi connectivity index (χ4v) is 5.60. The number of likely N-dealkylation sites (tertiary alicyclic amines) is 1. The van der Waals surface area contributed by atoms with E-state index in [0.29, 0.717) is 50.1 Å². The van der Waals surface area contributed by atoms with Crippen LogP contribution in [-0.2, 0) is 16.7 Å². The molecule has 0 radical (unpaired) electrons. The van der Waals surface area contributed by atoms with Gasteiger partial charge in [0.1, 0.15) is 10.8 Å². The second-order valence-corrected chi connectivity index (χ2v) is 11.7. The number of nitrogens with zero attached hydrogens (tertiary/aromatic N) is 4. The highest BCUT2D eigenvalue weighted by atomic mass is 35.5. The molecule has 2 aromatic heterocycles. The molecular formula is C30H34ClN5O4. The Balaban J connectivity index is 1.41. The Morgan fingerprint density at radius 1 is 1.05 bits per heavy atom. The SMILES string of the molecule is COc1ccc(-c2ccc3c(c2)C2(CCN(C(=O)OC(C)(C)C)CC2)CN3C(=O)NCc2ccnc(Cl)c2)cn1. The Hall–Kier alpha value is -3.85. The number of pyridine rings is 2. The van der Waals surface area contributed by atoms with Crippen molar-refractivity contribution in [3.63, 3.8) is 0 Å². The average Bonchev–Trinajstić information content (AvgIpc) is 3.24. The number of hydrogen-bond acceptors (Lipinski definition) is 6. The lowest BCUT2D eigenvalue weighted by Gasteiger charge is -2.40. The van der Waals surface area contributed by atoms with Gasteiger partial charge in [-0.05, 0) is 80.6 Å². The van der Waals surface area contributed by atoms with Crippen LogP contribution in [0.5, 0.6) is 5.88 Å². The predicted molar refractivity (Wildman–Crippen MR) is 154 cm³/mol. The number of urea groups is 1. The van der Waals surface area contributed by atoms with Crippen molar-refractivity contribution in [2.24, 2.45) is 0 Å². The van der Waals surface area contributed by atoms with Crippen LogP contribution >= 0.6 is 11.6 Å². The van der Waals surface area contributed by atoms with Crippen molar-refractivity contribution in [3.8, 4) is 17.0 Å². The Morgan fingerprint density at radius 3 is 2.45 bits per heavy atom. The van der Waals surface area contributed by atoms with Gasteiger partial charge in [-0.3, -0.25) is 4.90 Å². The summed E-state index contributed by atoms with van der Waals surface area (Å²) in [5.74, 6) is 0.550. The number of rotatable bonds is 4. The number of methoxy groups -OCH3 is 1. The monoisotopic (exact) mass is 563 g/mol. The molecule has 2 aliphatic rings. The molecule has 0 saturated carbocycles. The predicted octanol–water partition coefficient (Wildman–Crippen LogP) is 5.80. The standard InChI is InChI=1S/C30H34ClN5O4/c1-29(2,3)40-28(38)35-13-10-30(11-14-35)19-36(27(37)34-17-20-9-12-32-25(31)15-20)24-7-5-21(16-23(24)30)22-6-8-26(39-4)33-18-22/h5-9,12,15-16,18H,10-11,13-14,17,19H2,1-4H3,(H,34,37). The molecular weight excluding hydrogens is 530 g/mol. The number of carbonyl (C=O) groups excluding carboxylic acids is 2. The molecule has 0 atom stereocenters. The number of ether oxygens (including phenoxy) is 2. The van der Waals surface area contributed by atoms with Gasteiger partial charge >= 0.3 is 12.1 Å². The molecule has 1 N–H and O–H groups in total. The summed E-state index contributed by atoms with van der Waals surface area (Å²) in [6, 6.07) is 13.4. The number of anilines is 1. The van der Waals surface area contributed by atoms with Gasteiger partial charge in [0, 0.05) is 61.3 Å². The highest BCUT2D eigenvalue weighted by Crippen LogP contribution is 2.48. The van der Waals surface area contributed by atoms with E-state index in [4.69, 9.17) is 21.1 Å². The van der Waals surface area contributed by atoms with Crippen LogP contribution in [-0.4, -0.2) is 59.3 Å². The van der Waals surface area contributed by atoms with Crippen LogP contribution in [0.15, 0.2) is 54.9 Å². The van der Waals surface area contributed by atoms with Crippen LogP contribution in [0.25, 0.3) is 11.1 Å². The smallest absolute Gasteiger partial charge is 0.410 e. The molecule has 5 rings (SSSR count). The molecule has 210 valence electrons. The van der Waals surface area contributed by atoms with E-state index in [1.807, 2.05) is 56.0 Å². The highest BCUT2D eigenvalue weighted by molar-refractivity contribution is 6.29. The second kappa shape index (κ2) is 11.0. The van der Waals surface area contributed by atoms with Crippen LogP contribution in [0.2, 0.25) is 5.15 Å². The minimum atomic E-state index is -0.554. The molecule has 3 amide bonds. The van der Waals surface area contributed by atoms with Crippen LogP contribution in [0.1, 0.15) is 44.7 Å². The number of piperidine rings is 1. The Kier molecular flexibility index (Phi) is 7.59. The van der Waals surface area contributed by atoms with Gasteiger partial charge in [-0.1, -0.05) is 17.7 Å². The quantitative estimate of drug-likeness (QED) is 0.403. The van der Waals surface area contributed by atoms with Gasteiger partial charge in [-0.2, -0.15) is 0 Å². The number of halogens is 1. The third-order valence-electron chi connectivity index (χ3n) is 7.45. The van der Waals surface area contributed by atoms with E-state index in [-0.39, 0.29) is 17.5 Å². The van der Waals surface area contributed by atoms with Gasteiger partial charge in [0.15, 0.2) is 0 Å². The Morgan fingerprint density at radius 2 is 1.80 bits per heavy atom. The van der Waals surface area contributed by atoms with Crippen molar-refractivity contribution in [2.75, 3.05) is 31.6 Å². The van der Waals surface area contributed by atoms with Crippen molar-refractivity contribution in [3.05, 3.63) is 71.1 Å². The van der Waals surface area contributed by atoms with Gasteiger partial charge in [0.2, 0.25) is 5.88 Å². The molecule has 0 unspecified atom stereocenters. The van der Waals surface area contributed by atoms with Gasteiger partial charge in [-0.15, -0.1) is 0 Å². The maximum atomic E-state index is 13.5. The van der Waals surface area contributed by atoms with Crippen molar-refractivity contribution >= 4 is 29.4 Å². The number of aromatic nitrogens is 2. The first-order chi connectivity index (χ1) is 19.1. The van der Waals surface area contributed by atoms with Crippen molar-refractivity contribution in [1.82, 2.24) is 20.2 Å². The number of nitrogens with one attached hydrogen (secondary N) is 1. The zero-order valence-electron chi connectivity index (χ0n) is 23.2. The number of amides is 3. The van der Waals surface area contributed by atoms with E-state index in [2.05, 4.69) is 21.4 Å². The van der Waals surface area contributed by atoms with Crippen LogP contribution < -0.4 is 15.0 Å². The van der Waals surface area contributed by atoms with Gasteiger partial charge < -0.3 is 19.7 Å². The summed E-state index contributed by atoms with van der Waals surface area (Å²) < 4.78 is 10.8. The molecule has 1 fully saturated rings. The number of benzene rings is 1. The van der Waals surface area contributed by atoms with Crippen molar-refractivity contribution in [2.45, 2.75) is 51.2 Å². The zero-order valence-corrected chi connectivity index (χ0v) is 24.0. The lowest BCUT2D eigenvalue weighted by molar-refractivity contribution is 0.0170. The van der Waals surface area contributed by atoms with E-state index < -0.39 is 5.60 Å². The minimum Gasteiger partial charge on any atom is -0.481 e. The highest BCUT2D eigenvalue weighted by Gasteiger charge is 2.47. The molecule has 9 nitrogen and oxygen atoms in total. The fourth-order valence-electron chi connectivity index (χ4n) is 5.40. The third kappa shape index (κ3) is 5.84. The number of fused-ring (bicyclic) bond motifs is 2. The summed E-state index contributed by atoms with van der Waals surface area (Å²) in [6.07, 6.45) is 4.54. The lowest BCUT2D eigenvalue weighted by atomic mass is 9.74. The fraction of sp³-hybridized carbons (Fsp3) is 0.400. The van der Waals surface area contributed by atoms with Crippen LogP contribution in [0.3, 0.4) is 0 Å². The maximum Gasteiger partial charge on any atom is 0.410 e. The number of hydrogen-bond donors (Lipinski definition) is 1. The first-order valence-corrected chi connectivity index (χ1v) is 13.7. The first kappa shape index (κ1) is 27.7. The van der Waals surface area contributed by atoms with Crippen LogP contribution in [0.4, 0.5) is 15.3 Å². The summed E-state index contributed by atoms with van der Waals surface area (Å²) in [5, 5.41) is 3.42. The summed E-state index contributed by atoms with van der Waals surface area (Å²) >= 11 is 6.02. The molecule has 4 heterocycles. The van der Waals surface area contributed by atoms with E-state index in [1.54, 1.807) is 30.5 Å². The Labute approximate surface area is 239 Å². The minimum absolute atomic E-state index is 0.181. The van der Waals surface area contributed by atoms with Gasteiger partial charge in [0.05, 0.1) is 7.11 Å². The number of carbonyl (C=O) groups is 2. The van der Waals surface area contributed by atoms with E-state index in [0.717, 1.165) is 27.9 Å². The van der Waals surface area contributed by atoms with Crippen LogP contribution in [0, 0.1) is 0 Å². The summed E-state index contributed by atoms with van der Waals surface area (Å²) in [5.41, 5.74) is 3.98. The van der Waals surface area contributed by atoms with E-state index >= 15 is 0 Å². The van der Waals surface area contributed by atoms with Gasteiger partial charge in [-0.25, -0.2) is 19.6 Å². The molecule has 1 aromatic carbocycles. The molecule has 3 aromatic rings. The van der Waals surface area contributed by atoms with Gasteiger partial charge in [0.25, 0.3) is 0 Å². The summed E-state index contributed by atoms with van der Waals surface area (Å²) in [4.78, 5) is 38.2. The second-order valence-electron chi connectivity index (χ2n) is 11.3. The molecule has 40 heavy (non-hydrogen) atoms. The van der Waals surface area contributed by atoms with E-state index in [9.17, 15) is 9.59 Å². The molecule has 0 aliphatic carbocycles. The molecule has 10 heteroatoms. The average molecular weight is 564 g/mol. The molecule has 1 saturated heterocycles. The van der Waals surface area contributed by atoms with E-state index in [1.165, 1.54) is 0 Å². The van der Waals surface area contributed by atoms with Crippen molar-refractivity contribution < 1.29 is 19.1 Å². The molecule has 0 bridgehead atoms. The largest absolute Gasteiger partial charge is 0.481 e. The lowest BCUT2D eigenvalue weighted by Crippen LogP contribution is -2.49. The molecule has 1 spiro atoms. The van der Waals surface area contributed by atoms with Crippen molar-refractivity contribution in [1.29, 1.82) is 0 Å². The zero-order chi connectivity index (χ0) is 28.5. The third-order valence-corrected chi connectivity index (χ3v) is 7.66.